The van der Waals surface area contributed by atoms with E-state index in [2.05, 4.69) is 20.8 Å². The molecule has 1 aliphatic heterocycles. The van der Waals surface area contributed by atoms with Crippen LogP contribution in [-0.4, -0.2) is 46.6 Å². The van der Waals surface area contributed by atoms with Gasteiger partial charge in [0.15, 0.2) is 5.16 Å². The fraction of sp³-hybridized carbons (Fsp3) is 0.500. The van der Waals surface area contributed by atoms with Crippen LogP contribution in [-0.2, 0) is 18.4 Å². The minimum atomic E-state index is -0.0372. The number of carbonyl (C=O) groups excluding carboxylic acids is 1. The van der Waals surface area contributed by atoms with Gasteiger partial charge in [-0.05, 0) is 25.5 Å². The minimum Gasteiger partial charge on any atom is -0.496 e. The maximum Gasteiger partial charge on any atom is 0.230 e. The van der Waals surface area contributed by atoms with Crippen molar-refractivity contribution in [1.82, 2.24) is 25.4 Å². The number of nitrogens with zero attached hydrogens (tertiary/aromatic N) is 3. The van der Waals surface area contributed by atoms with Crippen molar-refractivity contribution in [3.8, 4) is 5.75 Å². The SMILES string of the molecule is COc1ccccc1CNC(=O)CSc1nnc([C@H]2CCCNC2)n1C. The molecule has 0 bridgehead atoms. The van der Waals surface area contributed by atoms with Crippen LogP contribution in [0, 0.1) is 0 Å². The van der Waals surface area contributed by atoms with Gasteiger partial charge in [0, 0.05) is 31.6 Å². The Balaban J connectivity index is 1.51. The van der Waals surface area contributed by atoms with Gasteiger partial charge >= 0.3 is 0 Å². The summed E-state index contributed by atoms with van der Waals surface area (Å²) in [6.45, 7) is 2.46. The highest BCUT2D eigenvalue weighted by Gasteiger charge is 2.22. The van der Waals surface area contributed by atoms with Crippen molar-refractivity contribution in [2.45, 2.75) is 30.5 Å². The number of aromatic nitrogens is 3. The summed E-state index contributed by atoms with van der Waals surface area (Å²) < 4.78 is 7.31. The summed E-state index contributed by atoms with van der Waals surface area (Å²) in [4.78, 5) is 12.2. The van der Waals surface area contributed by atoms with Crippen molar-refractivity contribution in [1.29, 1.82) is 0 Å². The van der Waals surface area contributed by atoms with Gasteiger partial charge in [-0.3, -0.25) is 4.79 Å². The number of piperidine rings is 1. The van der Waals surface area contributed by atoms with Gasteiger partial charge in [0.1, 0.15) is 11.6 Å². The van der Waals surface area contributed by atoms with Crippen LogP contribution >= 0.6 is 11.8 Å². The Morgan fingerprint density at radius 3 is 3.04 bits per heavy atom. The molecule has 0 aliphatic carbocycles. The van der Waals surface area contributed by atoms with Crippen molar-refractivity contribution >= 4 is 17.7 Å². The zero-order valence-corrected chi connectivity index (χ0v) is 16.0. The number of para-hydroxylation sites is 1. The number of carbonyl (C=O) groups is 1. The quantitative estimate of drug-likeness (QED) is 0.717. The van der Waals surface area contributed by atoms with Gasteiger partial charge in [0.05, 0.1) is 12.9 Å². The van der Waals surface area contributed by atoms with Crippen LogP contribution < -0.4 is 15.4 Å². The molecule has 1 fully saturated rings. The number of hydrogen-bond acceptors (Lipinski definition) is 6. The Bertz CT molecular complexity index is 743. The molecule has 140 valence electrons. The lowest BCUT2D eigenvalue weighted by Gasteiger charge is -2.21. The summed E-state index contributed by atoms with van der Waals surface area (Å²) in [5.74, 6) is 2.44. The Labute approximate surface area is 157 Å². The fourth-order valence-electron chi connectivity index (χ4n) is 3.10. The summed E-state index contributed by atoms with van der Waals surface area (Å²) in [5.41, 5.74) is 0.957. The van der Waals surface area contributed by atoms with E-state index in [-0.39, 0.29) is 5.91 Å². The summed E-state index contributed by atoms with van der Waals surface area (Å²) >= 11 is 1.41. The molecule has 1 aromatic heterocycles. The summed E-state index contributed by atoms with van der Waals surface area (Å²) in [6.07, 6.45) is 2.29. The van der Waals surface area contributed by atoms with E-state index >= 15 is 0 Å². The lowest BCUT2D eigenvalue weighted by molar-refractivity contribution is -0.118. The van der Waals surface area contributed by atoms with E-state index < -0.39 is 0 Å². The second-order valence-corrected chi connectivity index (χ2v) is 7.26. The highest BCUT2D eigenvalue weighted by Crippen LogP contribution is 2.24. The molecule has 8 heteroatoms. The standard InChI is InChI=1S/C18H25N5O2S/c1-23-17(14-7-5-9-19-10-14)21-22-18(23)26-12-16(24)20-11-13-6-3-4-8-15(13)25-2/h3-4,6,8,14,19H,5,7,9-12H2,1-2H3,(H,20,24)/t14-/m0/s1. The monoisotopic (exact) mass is 375 g/mol. The molecule has 1 aliphatic rings. The van der Waals surface area contributed by atoms with Crippen molar-refractivity contribution in [2.24, 2.45) is 7.05 Å². The van der Waals surface area contributed by atoms with Gasteiger partial charge < -0.3 is 19.9 Å². The number of nitrogens with one attached hydrogen (secondary N) is 2. The average Bonchev–Trinajstić information content (AvgIpc) is 3.06. The third-order valence-corrected chi connectivity index (χ3v) is 5.55. The normalized spacial score (nSPS) is 17.1. The van der Waals surface area contributed by atoms with Gasteiger partial charge in [-0.25, -0.2) is 0 Å². The van der Waals surface area contributed by atoms with Crippen LogP contribution in [0.25, 0.3) is 0 Å². The third-order valence-electron chi connectivity index (χ3n) is 4.53. The number of thioether (sulfide) groups is 1. The zero-order chi connectivity index (χ0) is 18.4. The van der Waals surface area contributed by atoms with E-state index in [0.717, 1.165) is 48.2 Å². The Morgan fingerprint density at radius 2 is 2.27 bits per heavy atom. The molecule has 2 heterocycles. The third kappa shape index (κ3) is 4.56. The van der Waals surface area contributed by atoms with Crippen LogP contribution in [0.15, 0.2) is 29.4 Å². The zero-order valence-electron chi connectivity index (χ0n) is 15.2. The molecule has 3 rings (SSSR count). The molecule has 0 saturated carbocycles. The molecule has 2 N–H and O–H groups in total. The van der Waals surface area contributed by atoms with Crippen molar-refractivity contribution in [3.63, 3.8) is 0 Å². The molecule has 0 radical (unpaired) electrons. The molecule has 1 atom stereocenters. The first-order chi connectivity index (χ1) is 12.7. The van der Waals surface area contributed by atoms with Crippen LogP contribution in [0.2, 0.25) is 0 Å². The van der Waals surface area contributed by atoms with E-state index in [1.807, 2.05) is 35.9 Å². The predicted molar refractivity (Wildman–Crippen MR) is 101 cm³/mol. The van der Waals surface area contributed by atoms with Crippen molar-refractivity contribution < 1.29 is 9.53 Å². The predicted octanol–water partition coefficient (Wildman–Crippen LogP) is 1.70. The number of hydrogen-bond donors (Lipinski definition) is 2. The number of methoxy groups -OCH3 is 1. The molecule has 1 saturated heterocycles. The van der Waals surface area contributed by atoms with Crippen molar-refractivity contribution in [3.05, 3.63) is 35.7 Å². The summed E-state index contributed by atoms with van der Waals surface area (Å²) in [6, 6.07) is 7.67. The molecule has 2 aromatic rings. The molecule has 26 heavy (non-hydrogen) atoms. The van der Waals surface area contributed by atoms with Crippen molar-refractivity contribution in [2.75, 3.05) is 26.0 Å². The minimum absolute atomic E-state index is 0.0372. The second kappa shape index (κ2) is 9.05. The smallest absolute Gasteiger partial charge is 0.230 e. The topological polar surface area (TPSA) is 81.1 Å². The van der Waals surface area contributed by atoms with Gasteiger partial charge in [-0.2, -0.15) is 0 Å². The number of ether oxygens (including phenoxy) is 1. The van der Waals surface area contributed by atoms with E-state index in [4.69, 9.17) is 4.74 Å². The van der Waals surface area contributed by atoms with Gasteiger partial charge in [0.2, 0.25) is 5.91 Å². The first kappa shape index (κ1) is 18.7. The van der Waals surface area contributed by atoms with Crippen LogP contribution in [0.3, 0.4) is 0 Å². The molecular formula is C18H25N5O2S. The Morgan fingerprint density at radius 1 is 1.42 bits per heavy atom. The van der Waals surface area contributed by atoms with Crippen LogP contribution in [0.4, 0.5) is 0 Å². The van der Waals surface area contributed by atoms with Gasteiger partial charge in [-0.1, -0.05) is 30.0 Å². The van der Waals surface area contributed by atoms with Gasteiger partial charge in [-0.15, -0.1) is 10.2 Å². The average molecular weight is 375 g/mol. The first-order valence-electron chi connectivity index (χ1n) is 8.80. The summed E-state index contributed by atoms with van der Waals surface area (Å²) in [5, 5.41) is 15.7. The molecule has 1 aromatic carbocycles. The van der Waals surface area contributed by atoms with Crippen LogP contribution in [0.5, 0.6) is 5.75 Å². The molecule has 0 spiro atoms. The van der Waals surface area contributed by atoms with E-state index in [9.17, 15) is 4.79 Å². The molecule has 7 nitrogen and oxygen atoms in total. The number of rotatable bonds is 7. The Hall–Kier alpha value is -2.06. The van der Waals surface area contributed by atoms with Gasteiger partial charge in [0.25, 0.3) is 0 Å². The Kier molecular flexibility index (Phi) is 6.51. The molecule has 0 unspecified atom stereocenters. The van der Waals surface area contributed by atoms with E-state index in [1.54, 1.807) is 7.11 Å². The largest absolute Gasteiger partial charge is 0.496 e. The molecule has 1 amide bonds. The lowest BCUT2D eigenvalue weighted by atomic mass is 9.99. The second-order valence-electron chi connectivity index (χ2n) is 6.32. The first-order valence-corrected chi connectivity index (χ1v) is 9.79. The molecular weight excluding hydrogens is 350 g/mol. The van der Waals surface area contributed by atoms with E-state index in [1.165, 1.54) is 11.8 Å². The number of amides is 1. The van der Waals surface area contributed by atoms with Crippen LogP contribution in [0.1, 0.15) is 30.1 Å². The highest BCUT2D eigenvalue weighted by molar-refractivity contribution is 7.99. The van der Waals surface area contributed by atoms with E-state index in [0.29, 0.717) is 18.2 Å². The lowest BCUT2D eigenvalue weighted by Crippen LogP contribution is -2.29. The number of benzene rings is 1. The maximum atomic E-state index is 12.2. The maximum absolute atomic E-state index is 12.2. The summed E-state index contributed by atoms with van der Waals surface area (Å²) in [7, 11) is 3.60. The highest BCUT2D eigenvalue weighted by atomic mass is 32.2. The fourth-order valence-corrected chi connectivity index (χ4v) is 3.85.